The normalized spacial score (nSPS) is 15.5. The molecule has 2 heteroatoms. The predicted molar refractivity (Wildman–Crippen MR) is 86.6 cm³/mol. The van der Waals surface area contributed by atoms with Crippen LogP contribution in [0, 0.1) is 0 Å². The first-order valence-electron chi connectivity index (χ1n) is 7.36. The minimum atomic E-state index is 0.292. The van der Waals surface area contributed by atoms with Gasteiger partial charge in [0.15, 0.2) is 0 Å². The van der Waals surface area contributed by atoms with E-state index in [1.807, 2.05) is 18.2 Å². The maximum atomic E-state index is 6.03. The smallest absolute Gasteiger partial charge is 0.0485 e. The van der Waals surface area contributed by atoms with Gasteiger partial charge in [0.25, 0.3) is 0 Å². The zero-order valence-corrected chi connectivity index (χ0v) is 12.6. The Morgan fingerprint density at radius 2 is 1.80 bits per heavy atom. The van der Waals surface area contributed by atoms with Gasteiger partial charge in [-0.25, -0.2) is 0 Å². The van der Waals surface area contributed by atoms with Crippen LogP contribution in [0.5, 0.6) is 0 Å². The van der Waals surface area contributed by atoms with E-state index >= 15 is 0 Å². The fourth-order valence-electron chi connectivity index (χ4n) is 2.93. The molecule has 2 aromatic carbocycles. The van der Waals surface area contributed by atoms with Crippen molar-refractivity contribution in [1.82, 2.24) is 0 Å². The number of halogens is 1. The van der Waals surface area contributed by atoms with Crippen molar-refractivity contribution < 1.29 is 0 Å². The fraction of sp³-hybridized carbons (Fsp3) is 0.333. The number of aryl methyl sites for hydroxylation is 2. The molecule has 0 saturated heterocycles. The number of nitrogens with one attached hydrogen (secondary N) is 1. The van der Waals surface area contributed by atoms with Crippen LogP contribution in [0.1, 0.15) is 42.5 Å². The lowest BCUT2D eigenvalue weighted by molar-refractivity contribution is 0.683. The maximum Gasteiger partial charge on any atom is 0.0485 e. The highest BCUT2D eigenvalue weighted by Gasteiger charge is 2.12. The zero-order valence-electron chi connectivity index (χ0n) is 11.8. The molecule has 0 heterocycles. The summed E-state index contributed by atoms with van der Waals surface area (Å²) < 4.78 is 0. The second-order valence-corrected chi connectivity index (χ2v) is 6.05. The Labute approximate surface area is 126 Å². The third-order valence-electron chi connectivity index (χ3n) is 4.08. The lowest BCUT2D eigenvalue weighted by Crippen LogP contribution is -2.09. The van der Waals surface area contributed by atoms with Crippen LogP contribution >= 0.6 is 11.6 Å². The van der Waals surface area contributed by atoms with Crippen LogP contribution in [0.3, 0.4) is 0 Å². The fourth-order valence-corrected chi connectivity index (χ4v) is 3.12. The monoisotopic (exact) mass is 285 g/mol. The highest BCUT2D eigenvalue weighted by Crippen LogP contribution is 2.27. The largest absolute Gasteiger partial charge is 0.378 e. The quantitative estimate of drug-likeness (QED) is 0.797. The van der Waals surface area contributed by atoms with Gasteiger partial charge in [0.1, 0.15) is 0 Å². The number of hydrogen-bond donors (Lipinski definition) is 1. The van der Waals surface area contributed by atoms with Crippen LogP contribution in [0.15, 0.2) is 42.5 Å². The molecule has 0 aromatic heterocycles. The number of anilines is 1. The summed E-state index contributed by atoms with van der Waals surface area (Å²) in [7, 11) is 0. The average Bonchev–Trinajstić information content (AvgIpc) is 2.47. The van der Waals surface area contributed by atoms with Crippen molar-refractivity contribution in [1.29, 1.82) is 0 Å². The summed E-state index contributed by atoms with van der Waals surface area (Å²) in [6.45, 7) is 2.20. The van der Waals surface area contributed by atoms with Gasteiger partial charge in [-0.05, 0) is 67.5 Å². The van der Waals surface area contributed by atoms with Crippen molar-refractivity contribution in [3.8, 4) is 0 Å². The molecule has 0 spiro atoms. The number of rotatable bonds is 3. The molecular formula is C18H20ClN. The summed E-state index contributed by atoms with van der Waals surface area (Å²) in [5, 5.41) is 4.29. The molecule has 1 aliphatic carbocycles. The first-order valence-corrected chi connectivity index (χ1v) is 7.74. The molecule has 0 amide bonds. The van der Waals surface area contributed by atoms with E-state index in [0.29, 0.717) is 6.04 Å². The van der Waals surface area contributed by atoms with Crippen molar-refractivity contribution in [2.45, 2.75) is 38.6 Å². The van der Waals surface area contributed by atoms with E-state index in [1.54, 1.807) is 0 Å². The van der Waals surface area contributed by atoms with Gasteiger partial charge in [0.2, 0.25) is 0 Å². The molecule has 1 atom stereocenters. The van der Waals surface area contributed by atoms with Crippen LogP contribution in [0.25, 0.3) is 0 Å². The molecule has 20 heavy (non-hydrogen) atoms. The minimum absolute atomic E-state index is 0.292. The molecule has 0 radical (unpaired) electrons. The van der Waals surface area contributed by atoms with E-state index in [4.69, 9.17) is 11.6 Å². The summed E-state index contributed by atoms with van der Waals surface area (Å²) in [5.41, 5.74) is 5.50. The highest BCUT2D eigenvalue weighted by atomic mass is 35.5. The Morgan fingerprint density at radius 3 is 2.60 bits per heavy atom. The first kappa shape index (κ1) is 13.5. The SMILES string of the molecule is CC(Nc1cccc(Cl)c1)c1ccc2c(c1)CCCC2. The van der Waals surface area contributed by atoms with Gasteiger partial charge < -0.3 is 5.32 Å². The zero-order chi connectivity index (χ0) is 13.9. The molecule has 1 nitrogen and oxygen atoms in total. The average molecular weight is 286 g/mol. The molecular weight excluding hydrogens is 266 g/mol. The second-order valence-electron chi connectivity index (χ2n) is 5.61. The molecule has 0 aliphatic heterocycles. The molecule has 3 rings (SSSR count). The second kappa shape index (κ2) is 5.88. The molecule has 1 N–H and O–H groups in total. The summed E-state index contributed by atoms with van der Waals surface area (Å²) in [5.74, 6) is 0. The Morgan fingerprint density at radius 1 is 1.00 bits per heavy atom. The van der Waals surface area contributed by atoms with Gasteiger partial charge in [-0.15, -0.1) is 0 Å². The van der Waals surface area contributed by atoms with E-state index in [0.717, 1.165) is 10.7 Å². The van der Waals surface area contributed by atoms with E-state index in [9.17, 15) is 0 Å². The third-order valence-corrected chi connectivity index (χ3v) is 4.32. The Bertz CT molecular complexity index is 606. The van der Waals surface area contributed by atoms with E-state index in [1.165, 1.54) is 42.4 Å². The lowest BCUT2D eigenvalue weighted by atomic mass is 9.89. The standard InChI is InChI=1S/C18H20ClN/c1-13(20-18-8-4-7-17(19)12-18)15-10-9-14-5-2-3-6-16(14)11-15/h4,7-13,20H,2-3,5-6H2,1H3. The van der Waals surface area contributed by atoms with E-state index in [-0.39, 0.29) is 0 Å². The number of benzene rings is 2. The third kappa shape index (κ3) is 2.99. The predicted octanol–water partition coefficient (Wildman–Crippen LogP) is 5.39. The lowest BCUT2D eigenvalue weighted by Gasteiger charge is -2.20. The molecule has 1 aliphatic rings. The van der Waals surface area contributed by atoms with Gasteiger partial charge in [-0.3, -0.25) is 0 Å². The summed E-state index contributed by atoms with van der Waals surface area (Å²) in [6, 6.07) is 15.1. The topological polar surface area (TPSA) is 12.0 Å². The summed E-state index contributed by atoms with van der Waals surface area (Å²) in [6.07, 6.45) is 5.13. The van der Waals surface area contributed by atoms with Crippen molar-refractivity contribution in [2.75, 3.05) is 5.32 Å². The maximum absolute atomic E-state index is 6.03. The Balaban J connectivity index is 1.78. The Kier molecular flexibility index (Phi) is 3.98. The Hall–Kier alpha value is -1.47. The summed E-state index contributed by atoms with van der Waals surface area (Å²) in [4.78, 5) is 0. The van der Waals surface area contributed by atoms with Crippen molar-refractivity contribution in [3.05, 3.63) is 64.2 Å². The van der Waals surface area contributed by atoms with Gasteiger partial charge >= 0.3 is 0 Å². The van der Waals surface area contributed by atoms with Crippen LogP contribution in [-0.2, 0) is 12.8 Å². The van der Waals surface area contributed by atoms with E-state index < -0.39 is 0 Å². The summed E-state index contributed by atoms with van der Waals surface area (Å²) >= 11 is 6.03. The van der Waals surface area contributed by atoms with Gasteiger partial charge in [0.05, 0.1) is 0 Å². The van der Waals surface area contributed by atoms with Crippen LogP contribution in [-0.4, -0.2) is 0 Å². The van der Waals surface area contributed by atoms with Crippen molar-refractivity contribution in [3.63, 3.8) is 0 Å². The molecule has 0 fully saturated rings. The van der Waals surface area contributed by atoms with Gasteiger partial charge in [-0.2, -0.15) is 0 Å². The highest BCUT2D eigenvalue weighted by molar-refractivity contribution is 6.30. The molecule has 0 saturated carbocycles. The van der Waals surface area contributed by atoms with Crippen LogP contribution in [0.2, 0.25) is 5.02 Å². The minimum Gasteiger partial charge on any atom is -0.378 e. The van der Waals surface area contributed by atoms with Gasteiger partial charge in [-0.1, -0.05) is 35.9 Å². The van der Waals surface area contributed by atoms with Crippen molar-refractivity contribution in [2.24, 2.45) is 0 Å². The van der Waals surface area contributed by atoms with Crippen LogP contribution in [0.4, 0.5) is 5.69 Å². The number of hydrogen-bond acceptors (Lipinski definition) is 1. The first-order chi connectivity index (χ1) is 9.72. The molecule has 104 valence electrons. The molecule has 1 unspecified atom stereocenters. The van der Waals surface area contributed by atoms with E-state index in [2.05, 4.69) is 36.5 Å². The van der Waals surface area contributed by atoms with Crippen LogP contribution < -0.4 is 5.32 Å². The van der Waals surface area contributed by atoms with Crippen molar-refractivity contribution >= 4 is 17.3 Å². The molecule has 2 aromatic rings. The molecule has 0 bridgehead atoms. The van der Waals surface area contributed by atoms with Gasteiger partial charge in [0, 0.05) is 16.8 Å². The number of fused-ring (bicyclic) bond motifs is 1.